The second-order valence-corrected chi connectivity index (χ2v) is 9.37. The Kier molecular flexibility index (Phi) is 6.80. The highest BCUT2D eigenvalue weighted by atomic mass is 16.5. The summed E-state index contributed by atoms with van der Waals surface area (Å²) in [6, 6.07) is 32.1. The van der Waals surface area contributed by atoms with Crippen LogP contribution in [0.4, 0.5) is 0 Å². The van der Waals surface area contributed by atoms with Gasteiger partial charge in [-0.25, -0.2) is 9.59 Å². The molecular formula is C34H28O4. The molecule has 0 aromatic heterocycles. The summed E-state index contributed by atoms with van der Waals surface area (Å²) in [5, 5.41) is 0. The van der Waals surface area contributed by atoms with Crippen LogP contribution in [0.25, 0.3) is 22.3 Å². The minimum Gasteiger partial charge on any atom is -0.465 e. The van der Waals surface area contributed by atoms with Gasteiger partial charge in [0.05, 0.1) is 25.3 Å². The molecule has 4 aromatic carbocycles. The average Bonchev–Trinajstić information content (AvgIpc) is 2.94. The summed E-state index contributed by atoms with van der Waals surface area (Å²) in [6.45, 7) is 4.16. The molecule has 0 spiro atoms. The summed E-state index contributed by atoms with van der Waals surface area (Å²) in [5.41, 5.74) is 12.1. The largest absolute Gasteiger partial charge is 0.465 e. The molecule has 0 N–H and O–H groups in total. The monoisotopic (exact) mass is 500 g/mol. The van der Waals surface area contributed by atoms with Crippen molar-refractivity contribution < 1.29 is 19.1 Å². The Morgan fingerprint density at radius 3 is 0.895 bits per heavy atom. The third-order valence-electron chi connectivity index (χ3n) is 6.87. The maximum absolute atomic E-state index is 12.1. The van der Waals surface area contributed by atoms with Gasteiger partial charge in [-0.15, -0.1) is 0 Å². The lowest BCUT2D eigenvalue weighted by atomic mass is 9.69. The zero-order chi connectivity index (χ0) is 26.8. The maximum Gasteiger partial charge on any atom is 0.337 e. The fraction of sp³-hybridized carbons (Fsp3) is 0.118. The van der Waals surface area contributed by atoms with Crippen molar-refractivity contribution in [2.75, 3.05) is 14.2 Å². The molecule has 0 unspecified atom stereocenters. The molecule has 4 nitrogen and oxygen atoms in total. The molecule has 4 heteroatoms. The maximum atomic E-state index is 12.1. The zero-order valence-electron chi connectivity index (χ0n) is 21.9. The predicted octanol–water partition coefficient (Wildman–Crippen LogP) is 7.41. The fourth-order valence-electron chi connectivity index (χ4n) is 4.81. The van der Waals surface area contributed by atoms with Gasteiger partial charge in [-0.1, -0.05) is 83.9 Å². The second-order valence-electron chi connectivity index (χ2n) is 9.37. The van der Waals surface area contributed by atoms with E-state index < -0.39 is 0 Å². The molecule has 0 atom stereocenters. The molecule has 0 bridgehead atoms. The highest BCUT2D eigenvalue weighted by molar-refractivity contribution is 6.43. The number of carbonyl (C=O) groups excluding carboxylic acids is 2. The fourth-order valence-corrected chi connectivity index (χ4v) is 4.81. The highest BCUT2D eigenvalue weighted by Gasteiger charge is 2.33. The smallest absolute Gasteiger partial charge is 0.337 e. The Morgan fingerprint density at radius 1 is 0.421 bits per heavy atom. The van der Waals surface area contributed by atoms with E-state index >= 15 is 0 Å². The van der Waals surface area contributed by atoms with E-state index in [1.807, 2.05) is 24.3 Å². The molecule has 0 radical (unpaired) electrons. The number of hydrogen-bond donors (Lipinski definition) is 0. The normalized spacial score (nSPS) is 12.7. The second kappa shape index (κ2) is 10.3. The van der Waals surface area contributed by atoms with E-state index in [-0.39, 0.29) is 11.9 Å². The number of carbonyl (C=O) groups is 2. The van der Waals surface area contributed by atoms with Gasteiger partial charge in [0.1, 0.15) is 0 Å². The molecule has 0 saturated heterocycles. The van der Waals surface area contributed by atoms with Gasteiger partial charge in [-0.2, -0.15) is 0 Å². The van der Waals surface area contributed by atoms with Gasteiger partial charge in [-0.05, 0) is 82.7 Å². The number of aryl methyl sites for hydroxylation is 2. The summed E-state index contributed by atoms with van der Waals surface area (Å²) in [7, 11) is 2.76. The van der Waals surface area contributed by atoms with Crippen LogP contribution in [0.5, 0.6) is 0 Å². The summed E-state index contributed by atoms with van der Waals surface area (Å²) < 4.78 is 9.79. The van der Waals surface area contributed by atoms with Crippen LogP contribution in [-0.4, -0.2) is 26.2 Å². The molecule has 1 aliphatic carbocycles. The van der Waals surface area contributed by atoms with Gasteiger partial charge in [0, 0.05) is 0 Å². The Hall–Kier alpha value is -4.70. The van der Waals surface area contributed by atoms with Crippen LogP contribution >= 0.6 is 0 Å². The van der Waals surface area contributed by atoms with Gasteiger partial charge in [0.25, 0.3) is 0 Å². The van der Waals surface area contributed by atoms with Crippen molar-refractivity contribution in [2.24, 2.45) is 0 Å². The summed E-state index contributed by atoms with van der Waals surface area (Å²) in [5.74, 6) is -0.736. The van der Waals surface area contributed by atoms with Gasteiger partial charge < -0.3 is 9.47 Å². The van der Waals surface area contributed by atoms with E-state index in [0.717, 1.165) is 44.5 Å². The highest BCUT2D eigenvalue weighted by Crippen LogP contribution is 2.56. The standard InChI is InChI=1S/C34H28O4/c1-21-5-9-23(10-6-21)29-30(24-11-7-22(2)8-12-24)32(26-15-19-28(20-16-26)34(36)38-4)31(29)25-13-17-27(18-14-25)33(35)37-3/h5-20H,1-4H3. The number of rotatable bonds is 6. The van der Waals surface area contributed by atoms with Crippen molar-refractivity contribution >= 4 is 34.2 Å². The molecular weight excluding hydrogens is 472 g/mol. The number of benzene rings is 4. The van der Waals surface area contributed by atoms with E-state index in [0.29, 0.717) is 11.1 Å². The van der Waals surface area contributed by atoms with E-state index in [1.165, 1.54) is 25.3 Å². The molecule has 0 saturated carbocycles. The Balaban J connectivity index is 1.73. The Labute approximate surface area is 222 Å². The van der Waals surface area contributed by atoms with Gasteiger partial charge in [-0.3, -0.25) is 0 Å². The van der Waals surface area contributed by atoms with Crippen molar-refractivity contribution in [3.05, 3.63) is 142 Å². The predicted molar refractivity (Wildman–Crippen MR) is 152 cm³/mol. The molecule has 38 heavy (non-hydrogen) atoms. The van der Waals surface area contributed by atoms with Crippen LogP contribution in [-0.2, 0) is 9.47 Å². The average molecular weight is 501 g/mol. The van der Waals surface area contributed by atoms with Gasteiger partial charge >= 0.3 is 11.9 Å². The van der Waals surface area contributed by atoms with Crippen molar-refractivity contribution in [1.82, 2.24) is 0 Å². The molecule has 0 heterocycles. The number of esters is 2. The molecule has 0 aliphatic heterocycles. The summed E-state index contributed by atoms with van der Waals surface area (Å²) in [4.78, 5) is 24.2. The van der Waals surface area contributed by atoms with Gasteiger partial charge in [0.15, 0.2) is 0 Å². The van der Waals surface area contributed by atoms with Crippen molar-refractivity contribution in [2.45, 2.75) is 13.8 Å². The number of methoxy groups -OCH3 is 2. The summed E-state index contributed by atoms with van der Waals surface area (Å²) >= 11 is 0. The van der Waals surface area contributed by atoms with Crippen molar-refractivity contribution in [3.8, 4) is 0 Å². The number of hydrogen-bond acceptors (Lipinski definition) is 4. The van der Waals surface area contributed by atoms with E-state index in [4.69, 9.17) is 9.47 Å². The minimum atomic E-state index is -0.368. The van der Waals surface area contributed by atoms with Crippen LogP contribution in [0, 0.1) is 13.8 Å². The zero-order valence-corrected chi connectivity index (χ0v) is 21.9. The number of ether oxygens (including phenoxy) is 2. The van der Waals surface area contributed by atoms with E-state index in [2.05, 4.69) is 62.4 Å². The van der Waals surface area contributed by atoms with Crippen molar-refractivity contribution in [1.29, 1.82) is 0 Å². The van der Waals surface area contributed by atoms with Crippen LogP contribution in [0.3, 0.4) is 0 Å². The SMILES string of the molecule is COC(=O)c1ccc(C2=C(c3ccc(C)cc3)C(c3ccc(C)cc3)=C2c2ccc(C(=O)OC)cc2)cc1. The third kappa shape index (κ3) is 4.57. The Morgan fingerprint density at radius 2 is 0.658 bits per heavy atom. The van der Waals surface area contributed by atoms with Crippen LogP contribution < -0.4 is 0 Å². The first-order valence-electron chi connectivity index (χ1n) is 12.4. The summed E-state index contributed by atoms with van der Waals surface area (Å²) in [6.07, 6.45) is 0. The topological polar surface area (TPSA) is 52.6 Å². The molecule has 0 fully saturated rings. The quantitative estimate of drug-likeness (QED) is 0.259. The Bertz CT molecular complexity index is 1450. The van der Waals surface area contributed by atoms with Crippen LogP contribution in [0.1, 0.15) is 54.1 Å². The minimum absolute atomic E-state index is 0.368. The van der Waals surface area contributed by atoms with Crippen LogP contribution in [0.15, 0.2) is 97.1 Å². The van der Waals surface area contributed by atoms with Gasteiger partial charge in [0.2, 0.25) is 0 Å². The lowest BCUT2D eigenvalue weighted by Crippen LogP contribution is -2.11. The lowest BCUT2D eigenvalue weighted by Gasteiger charge is -2.33. The first-order chi connectivity index (χ1) is 18.4. The molecule has 5 rings (SSSR count). The van der Waals surface area contributed by atoms with Crippen molar-refractivity contribution in [3.63, 3.8) is 0 Å². The number of allylic oxidation sites excluding steroid dienone is 4. The van der Waals surface area contributed by atoms with E-state index in [1.54, 1.807) is 24.3 Å². The third-order valence-corrected chi connectivity index (χ3v) is 6.87. The lowest BCUT2D eigenvalue weighted by molar-refractivity contribution is 0.0592. The molecule has 188 valence electrons. The molecule has 0 amide bonds. The van der Waals surface area contributed by atoms with E-state index in [9.17, 15) is 9.59 Å². The first-order valence-corrected chi connectivity index (χ1v) is 12.4. The molecule has 1 aliphatic rings. The molecule has 4 aromatic rings. The van der Waals surface area contributed by atoms with Crippen LogP contribution in [0.2, 0.25) is 0 Å². The first kappa shape index (κ1) is 25.0.